The Balaban J connectivity index is 1.77. The zero-order chi connectivity index (χ0) is 11.3. The maximum atomic E-state index is 12.2. The fourth-order valence-electron chi connectivity index (χ4n) is 7.60. The fourth-order valence-corrected chi connectivity index (χ4v) is 7.60. The third-order valence-corrected chi connectivity index (χ3v) is 7.44. The standard InChI is InChI=1S/C13H12N2O2/c14-2-12-7-3-1-4-6-5(3)9(12)10(6)13(17,8(4)7)11(16)15-12/h3-10,17H,1H2,(H,15,16)/t3-,4+,5-,6+,7-,8+,9-,10+,12?,13?/m0/s1. The number of aliphatic hydroxyl groups is 1. The number of nitrogens with one attached hydrogen (secondary N) is 1. The minimum atomic E-state index is -1.11. The van der Waals surface area contributed by atoms with Crippen molar-refractivity contribution in [2.45, 2.75) is 17.6 Å². The van der Waals surface area contributed by atoms with Crippen molar-refractivity contribution in [2.75, 3.05) is 0 Å². The molecule has 0 aromatic heterocycles. The Hall–Kier alpha value is -1.08. The van der Waals surface area contributed by atoms with Gasteiger partial charge in [-0.15, -0.1) is 0 Å². The zero-order valence-electron chi connectivity index (χ0n) is 9.13. The summed E-state index contributed by atoms with van der Waals surface area (Å²) < 4.78 is 0. The van der Waals surface area contributed by atoms with Crippen LogP contribution in [-0.4, -0.2) is 22.2 Å². The van der Waals surface area contributed by atoms with Crippen LogP contribution in [0.4, 0.5) is 0 Å². The maximum absolute atomic E-state index is 12.2. The second-order valence-electron chi connectivity index (χ2n) is 7.08. The van der Waals surface area contributed by atoms with Gasteiger partial charge in [0.2, 0.25) is 0 Å². The summed E-state index contributed by atoms with van der Waals surface area (Å²) >= 11 is 0. The lowest BCUT2D eigenvalue weighted by molar-refractivity contribution is -0.200. The smallest absolute Gasteiger partial charge is 0.253 e. The van der Waals surface area contributed by atoms with E-state index in [0.717, 1.165) is 0 Å². The molecule has 2 saturated heterocycles. The van der Waals surface area contributed by atoms with Gasteiger partial charge in [0.05, 0.1) is 6.07 Å². The second-order valence-corrected chi connectivity index (χ2v) is 7.08. The van der Waals surface area contributed by atoms with Gasteiger partial charge in [0.15, 0.2) is 0 Å². The van der Waals surface area contributed by atoms with E-state index in [1.807, 2.05) is 0 Å². The van der Waals surface area contributed by atoms with E-state index in [1.165, 1.54) is 6.42 Å². The van der Waals surface area contributed by atoms with Crippen LogP contribution in [0.25, 0.3) is 0 Å². The molecule has 0 spiro atoms. The van der Waals surface area contributed by atoms with E-state index >= 15 is 0 Å². The molecule has 7 aliphatic rings. The van der Waals surface area contributed by atoms with Crippen molar-refractivity contribution in [1.82, 2.24) is 5.32 Å². The molecule has 10 atom stereocenters. The van der Waals surface area contributed by atoms with Crippen molar-refractivity contribution in [3.8, 4) is 6.07 Å². The predicted molar refractivity (Wildman–Crippen MR) is 54.0 cm³/mol. The number of carbonyl (C=O) groups is 1. The first-order valence-corrected chi connectivity index (χ1v) is 6.62. The van der Waals surface area contributed by atoms with Gasteiger partial charge in [-0.2, -0.15) is 5.26 Å². The number of piperidine rings is 2. The summed E-state index contributed by atoms with van der Waals surface area (Å²) in [7, 11) is 0. The Kier molecular flexibility index (Phi) is 0.822. The minimum absolute atomic E-state index is 0.103. The Morgan fingerprint density at radius 3 is 2.71 bits per heavy atom. The average Bonchev–Trinajstić information content (AvgIpc) is 2.79. The van der Waals surface area contributed by atoms with Gasteiger partial charge in [0, 0.05) is 23.7 Å². The molecule has 5 saturated carbocycles. The molecule has 86 valence electrons. The zero-order valence-corrected chi connectivity index (χ0v) is 9.13. The number of hydrogen-bond donors (Lipinski definition) is 2. The molecule has 0 aromatic carbocycles. The molecule has 4 heteroatoms. The first kappa shape index (κ1) is 8.10. The van der Waals surface area contributed by atoms with Crippen molar-refractivity contribution in [2.24, 2.45) is 47.3 Å². The number of hydrogen-bond acceptors (Lipinski definition) is 3. The van der Waals surface area contributed by atoms with Crippen LogP contribution in [-0.2, 0) is 4.79 Å². The van der Waals surface area contributed by atoms with Crippen molar-refractivity contribution in [1.29, 1.82) is 5.26 Å². The topological polar surface area (TPSA) is 73.1 Å². The van der Waals surface area contributed by atoms with Gasteiger partial charge in [-0.1, -0.05) is 0 Å². The second kappa shape index (κ2) is 1.73. The number of amides is 1. The Morgan fingerprint density at radius 2 is 1.94 bits per heavy atom. The van der Waals surface area contributed by atoms with Crippen molar-refractivity contribution >= 4 is 5.91 Å². The number of rotatable bonds is 0. The largest absolute Gasteiger partial charge is 0.379 e. The van der Waals surface area contributed by atoms with E-state index in [0.29, 0.717) is 23.7 Å². The van der Waals surface area contributed by atoms with Gasteiger partial charge in [-0.25, -0.2) is 0 Å². The molecule has 4 bridgehead atoms. The monoisotopic (exact) mass is 228 g/mol. The van der Waals surface area contributed by atoms with Gasteiger partial charge in [0.1, 0.15) is 11.1 Å². The molecule has 2 aliphatic heterocycles. The molecule has 7 fully saturated rings. The summed E-state index contributed by atoms with van der Waals surface area (Å²) in [6.07, 6.45) is 1.17. The highest BCUT2D eigenvalue weighted by Gasteiger charge is 2.95. The lowest BCUT2D eigenvalue weighted by Gasteiger charge is -2.61. The summed E-state index contributed by atoms with van der Waals surface area (Å²) in [5.74, 6) is 2.86. The Labute approximate surface area is 98.0 Å². The van der Waals surface area contributed by atoms with Crippen molar-refractivity contribution in [3.63, 3.8) is 0 Å². The van der Waals surface area contributed by atoms with E-state index in [2.05, 4.69) is 11.4 Å². The highest BCUT2D eigenvalue weighted by atomic mass is 16.3. The minimum Gasteiger partial charge on any atom is -0.379 e. The summed E-state index contributed by atoms with van der Waals surface area (Å²) in [5, 5.41) is 23.4. The quantitative estimate of drug-likeness (QED) is 0.587. The number of carbonyl (C=O) groups excluding carboxylic acids is 1. The van der Waals surface area contributed by atoms with Crippen LogP contribution < -0.4 is 5.32 Å². The van der Waals surface area contributed by atoms with Crippen molar-refractivity contribution in [3.05, 3.63) is 0 Å². The average molecular weight is 228 g/mol. The van der Waals surface area contributed by atoms with Gasteiger partial charge in [-0.3, -0.25) is 4.79 Å². The fraction of sp³-hybridized carbons (Fsp3) is 0.846. The van der Waals surface area contributed by atoms with Crippen LogP contribution in [0, 0.1) is 58.7 Å². The normalized spacial score (nSPS) is 78.5. The molecule has 7 rings (SSSR count). The third-order valence-electron chi connectivity index (χ3n) is 7.44. The van der Waals surface area contributed by atoms with Crippen molar-refractivity contribution < 1.29 is 9.90 Å². The SMILES string of the molecule is N#CC12NC(=O)C3(O)[C@@H]4[C@@H]5C[C@@H]([C@H]6[C@@H]5[C@@H]3[C@H]61)[C@@H]42. The Morgan fingerprint density at radius 1 is 1.24 bits per heavy atom. The van der Waals surface area contributed by atoms with E-state index < -0.39 is 11.1 Å². The summed E-state index contributed by atoms with van der Waals surface area (Å²) in [5.41, 5.74) is -1.71. The highest BCUT2D eigenvalue weighted by molar-refractivity contribution is 5.92. The molecule has 4 nitrogen and oxygen atoms in total. The molecule has 0 radical (unpaired) electrons. The van der Waals surface area contributed by atoms with E-state index in [9.17, 15) is 15.2 Å². The summed E-state index contributed by atoms with van der Waals surface area (Å²) in [6.45, 7) is 0. The highest BCUT2D eigenvalue weighted by Crippen LogP contribution is 2.88. The number of nitriles is 1. The van der Waals surface area contributed by atoms with Gasteiger partial charge < -0.3 is 10.4 Å². The molecule has 1 amide bonds. The number of fused-ring (bicyclic) bond motifs is 1. The Bertz CT molecular complexity index is 568. The van der Waals surface area contributed by atoms with E-state index in [1.54, 1.807) is 0 Å². The third kappa shape index (κ3) is 0.421. The van der Waals surface area contributed by atoms with Crippen LogP contribution in [0.3, 0.4) is 0 Å². The van der Waals surface area contributed by atoms with Crippen LogP contribution in [0.2, 0.25) is 0 Å². The van der Waals surface area contributed by atoms with Gasteiger partial charge >= 0.3 is 0 Å². The van der Waals surface area contributed by atoms with E-state index in [4.69, 9.17) is 0 Å². The molecule has 2 N–H and O–H groups in total. The molecule has 2 heterocycles. The van der Waals surface area contributed by atoms with Gasteiger partial charge in [0.25, 0.3) is 5.91 Å². The van der Waals surface area contributed by atoms with Crippen LogP contribution in [0.15, 0.2) is 0 Å². The predicted octanol–water partition coefficient (Wildman–Crippen LogP) is -0.503. The molecule has 2 unspecified atom stereocenters. The van der Waals surface area contributed by atoms with Crippen LogP contribution in [0.1, 0.15) is 6.42 Å². The molecular weight excluding hydrogens is 216 g/mol. The molecule has 17 heavy (non-hydrogen) atoms. The summed E-state index contributed by atoms with van der Waals surface area (Å²) in [4.78, 5) is 12.2. The maximum Gasteiger partial charge on any atom is 0.253 e. The summed E-state index contributed by atoms with van der Waals surface area (Å²) in [6, 6.07) is 2.45. The van der Waals surface area contributed by atoms with Crippen LogP contribution >= 0.6 is 0 Å². The van der Waals surface area contributed by atoms with Gasteiger partial charge in [-0.05, 0) is 30.1 Å². The number of nitrogens with zero attached hydrogens (tertiary/aromatic N) is 1. The first-order valence-electron chi connectivity index (χ1n) is 6.62. The van der Waals surface area contributed by atoms with E-state index in [-0.39, 0.29) is 29.6 Å². The lowest BCUT2D eigenvalue weighted by atomic mass is 9.48. The molecular formula is C13H12N2O2. The first-order chi connectivity index (χ1) is 8.16. The molecule has 5 aliphatic carbocycles. The van der Waals surface area contributed by atoms with Crippen LogP contribution in [0.5, 0.6) is 0 Å². The molecule has 0 aromatic rings. The lowest BCUT2D eigenvalue weighted by Crippen LogP contribution is -2.79.